The van der Waals surface area contributed by atoms with Gasteiger partial charge in [-0.3, -0.25) is 4.79 Å². The molecular weight excluding hydrogens is 446 g/mol. The number of aromatic nitrogens is 3. The lowest BCUT2D eigenvalue weighted by molar-refractivity contribution is -0.139. The second kappa shape index (κ2) is 10.4. The Labute approximate surface area is 204 Å². The van der Waals surface area contributed by atoms with Crippen molar-refractivity contribution in [2.75, 3.05) is 25.2 Å². The van der Waals surface area contributed by atoms with Gasteiger partial charge in [0.2, 0.25) is 11.9 Å². The first-order valence-corrected chi connectivity index (χ1v) is 11.4. The number of aryl methyl sites for hydroxylation is 1. The quantitative estimate of drug-likeness (QED) is 0.500. The van der Waals surface area contributed by atoms with Gasteiger partial charge in [0.05, 0.1) is 19.3 Å². The van der Waals surface area contributed by atoms with Gasteiger partial charge in [-0.25, -0.2) is 9.48 Å². The molecule has 2 heterocycles. The number of ether oxygens (including phenoxy) is 2. The van der Waals surface area contributed by atoms with E-state index in [1.54, 1.807) is 30.5 Å². The van der Waals surface area contributed by atoms with Crippen molar-refractivity contribution in [3.8, 4) is 5.75 Å². The molecule has 0 radical (unpaired) electrons. The Balaban J connectivity index is 1.63. The number of benzene rings is 2. The van der Waals surface area contributed by atoms with Crippen molar-refractivity contribution >= 4 is 17.8 Å². The fourth-order valence-electron chi connectivity index (χ4n) is 4.13. The minimum Gasteiger partial charge on any atom is -0.497 e. The number of methoxy groups -OCH3 is 1. The SMILES string of the molecule is CCOC(=O)C1=C(C)N(CC(=O)NCc2cccc(OC)c2)c2ncnn2[C@@H]1c1ccc(C)cc1. The number of carbonyl (C=O) groups excluding carboxylic acids is 2. The molecule has 9 nitrogen and oxygen atoms in total. The Morgan fingerprint density at radius 1 is 1.11 bits per heavy atom. The van der Waals surface area contributed by atoms with Gasteiger partial charge < -0.3 is 19.7 Å². The molecule has 1 amide bonds. The average Bonchev–Trinajstić information content (AvgIpc) is 3.34. The number of allylic oxidation sites excluding steroid dienone is 1. The van der Waals surface area contributed by atoms with Crippen LogP contribution in [-0.4, -0.2) is 46.9 Å². The number of nitrogens with one attached hydrogen (secondary N) is 1. The molecular formula is C26H29N5O4. The van der Waals surface area contributed by atoms with Crippen LogP contribution in [0, 0.1) is 6.92 Å². The summed E-state index contributed by atoms with van der Waals surface area (Å²) in [5, 5.41) is 7.34. The van der Waals surface area contributed by atoms with E-state index in [4.69, 9.17) is 9.47 Å². The molecule has 0 spiro atoms. The lowest BCUT2D eigenvalue weighted by atomic mass is 9.94. The molecule has 0 aliphatic carbocycles. The van der Waals surface area contributed by atoms with E-state index in [1.807, 2.05) is 55.5 Å². The predicted molar refractivity (Wildman–Crippen MR) is 131 cm³/mol. The van der Waals surface area contributed by atoms with Crippen LogP contribution in [0.4, 0.5) is 5.95 Å². The van der Waals surface area contributed by atoms with Gasteiger partial charge in [0, 0.05) is 12.2 Å². The topological polar surface area (TPSA) is 98.6 Å². The third-order valence-corrected chi connectivity index (χ3v) is 5.92. The molecule has 2 aromatic carbocycles. The first kappa shape index (κ1) is 24.0. The first-order chi connectivity index (χ1) is 16.9. The third-order valence-electron chi connectivity index (χ3n) is 5.92. The smallest absolute Gasteiger partial charge is 0.338 e. The van der Waals surface area contributed by atoms with Crippen molar-refractivity contribution in [1.29, 1.82) is 0 Å². The Bertz CT molecular complexity index is 1250. The Hall–Kier alpha value is -4.14. The van der Waals surface area contributed by atoms with Gasteiger partial charge in [0.1, 0.15) is 24.7 Å². The molecule has 3 aromatic rings. The van der Waals surface area contributed by atoms with E-state index in [9.17, 15) is 9.59 Å². The van der Waals surface area contributed by atoms with Gasteiger partial charge in [-0.2, -0.15) is 10.1 Å². The molecule has 1 aliphatic rings. The van der Waals surface area contributed by atoms with E-state index < -0.39 is 12.0 Å². The summed E-state index contributed by atoms with van der Waals surface area (Å²) in [6, 6.07) is 14.9. The molecule has 35 heavy (non-hydrogen) atoms. The standard InChI is InChI=1S/C26H29N5O4/c1-5-35-25(33)23-18(3)30(15-22(32)27-14-19-7-6-8-21(13-19)34-4)26-28-16-29-31(26)24(23)20-11-9-17(2)10-12-20/h6-13,16,24H,5,14-15H2,1-4H3,(H,27,32)/t24-/m1/s1. The van der Waals surface area contributed by atoms with Crippen molar-refractivity contribution in [2.24, 2.45) is 0 Å². The number of amides is 1. The van der Waals surface area contributed by atoms with Crippen molar-refractivity contribution in [3.63, 3.8) is 0 Å². The van der Waals surface area contributed by atoms with Crippen LogP contribution in [0.3, 0.4) is 0 Å². The van der Waals surface area contributed by atoms with Gasteiger partial charge in [0.25, 0.3) is 0 Å². The summed E-state index contributed by atoms with van der Waals surface area (Å²) in [6.45, 7) is 6.13. The number of hydrogen-bond donors (Lipinski definition) is 1. The highest BCUT2D eigenvalue weighted by Gasteiger charge is 2.38. The maximum Gasteiger partial charge on any atom is 0.338 e. The Morgan fingerprint density at radius 2 is 1.89 bits per heavy atom. The first-order valence-electron chi connectivity index (χ1n) is 11.4. The number of fused-ring (bicyclic) bond motifs is 1. The summed E-state index contributed by atoms with van der Waals surface area (Å²) in [7, 11) is 1.60. The molecule has 0 saturated heterocycles. The molecule has 0 saturated carbocycles. The summed E-state index contributed by atoms with van der Waals surface area (Å²) in [6.07, 6.45) is 1.43. The van der Waals surface area contributed by atoms with E-state index >= 15 is 0 Å². The summed E-state index contributed by atoms with van der Waals surface area (Å²) in [5.41, 5.74) is 3.93. The third kappa shape index (κ3) is 5.03. The fourth-order valence-corrected chi connectivity index (χ4v) is 4.13. The van der Waals surface area contributed by atoms with Crippen LogP contribution in [0.2, 0.25) is 0 Å². The lowest BCUT2D eigenvalue weighted by Gasteiger charge is -2.35. The lowest BCUT2D eigenvalue weighted by Crippen LogP contribution is -2.42. The van der Waals surface area contributed by atoms with Crippen LogP contribution in [0.1, 0.15) is 36.6 Å². The zero-order chi connectivity index (χ0) is 24.9. The molecule has 1 N–H and O–H groups in total. The van der Waals surface area contributed by atoms with Crippen LogP contribution in [0.25, 0.3) is 0 Å². The van der Waals surface area contributed by atoms with Crippen LogP contribution < -0.4 is 15.0 Å². The van der Waals surface area contributed by atoms with Gasteiger partial charge in [-0.15, -0.1) is 0 Å². The molecule has 1 aliphatic heterocycles. The number of carbonyl (C=O) groups is 2. The summed E-state index contributed by atoms with van der Waals surface area (Å²) in [4.78, 5) is 32.1. The highest BCUT2D eigenvalue weighted by atomic mass is 16.5. The predicted octanol–water partition coefficient (Wildman–Crippen LogP) is 3.16. The van der Waals surface area contributed by atoms with Crippen LogP contribution >= 0.6 is 0 Å². The van der Waals surface area contributed by atoms with Crippen molar-refractivity contribution < 1.29 is 19.1 Å². The van der Waals surface area contributed by atoms with Gasteiger partial charge in [-0.1, -0.05) is 42.0 Å². The van der Waals surface area contributed by atoms with Crippen molar-refractivity contribution in [2.45, 2.75) is 33.4 Å². The minimum absolute atomic E-state index is 0.0297. The monoisotopic (exact) mass is 475 g/mol. The van der Waals surface area contributed by atoms with Gasteiger partial charge in [-0.05, 0) is 44.0 Å². The van der Waals surface area contributed by atoms with Gasteiger partial charge in [0.15, 0.2) is 0 Å². The second-order valence-corrected chi connectivity index (χ2v) is 8.25. The van der Waals surface area contributed by atoms with Gasteiger partial charge >= 0.3 is 5.97 Å². The molecule has 0 unspecified atom stereocenters. The maximum absolute atomic E-state index is 13.1. The zero-order valence-electron chi connectivity index (χ0n) is 20.3. The van der Waals surface area contributed by atoms with E-state index in [1.165, 1.54) is 6.33 Å². The highest BCUT2D eigenvalue weighted by Crippen LogP contribution is 2.38. The largest absolute Gasteiger partial charge is 0.497 e. The number of anilines is 1. The molecule has 1 aromatic heterocycles. The van der Waals surface area contributed by atoms with E-state index in [2.05, 4.69) is 15.4 Å². The zero-order valence-corrected chi connectivity index (χ0v) is 20.3. The normalized spacial score (nSPS) is 15.0. The molecule has 0 bridgehead atoms. The molecule has 182 valence electrons. The van der Waals surface area contributed by atoms with E-state index in [0.29, 0.717) is 23.8 Å². The number of nitrogens with zero attached hydrogens (tertiary/aromatic N) is 4. The van der Waals surface area contributed by atoms with Crippen LogP contribution in [0.5, 0.6) is 5.75 Å². The molecule has 0 fully saturated rings. The number of esters is 1. The second-order valence-electron chi connectivity index (χ2n) is 8.25. The van der Waals surface area contributed by atoms with E-state index in [-0.39, 0.29) is 19.1 Å². The molecule has 4 rings (SSSR count). The summed E-state index contributed by atoms with van der Waals surface area (Å²) < 4.78 is 12.3. The summed E-state index contributed by atoms with van der Waals surface area (Å²) in [5.74, 6) is 0.538. The fraction of sp³-hybridized carbons (Fsp3) is 0.308. The Morgan fingerprint density at radius 3 is 2.60 bits per heavy atom. The number of hydrogen-bond acceptors (Lipinski definition) is 7. The average molecular weight is 476 g/mol. The minimum atomic E-state index is -0.511. The van der Waals surface area contributed by atoms with Crippen molar-refractivity contribution in [1.82, 2.24) is 20.1 Å². The van der Waals surface area contributed by atoms with Crippen LogP contribution in [-0.2, 0) is 20.9 Å². The van der Waals surface area contributed by atoms with E-state index in [0.717, 1.165) is 22.4 Å². The maximum atomic E-state index is 13.1. The summed E-state index contributed by atoms with van der Waals surface area (Å²) >= 11 is 0. The van der Waals surface area contributed by atoms with Crippen molar-refractivity contribution in [3.05, 3.63) is 82.8 Å². The van der Waals surface area contributed by atoms with Crippen LogP contribution in [0.15, 0.2) is 66.1 Å². The molecule has 9 heteroatoms. The molecule has 1 atom stereocenters. The number of rotatable bonds is 8. The highest BCUT2D eigenvalue weighted by molar-refractivity contribution is 5.93. The Kier molecular flexibility index (Phi) is 7.14.